The van der Waals surface area contributed by atoms with E-state index in [2.05, 4.69) is 26.1 Å². The smallest absolute Gasteiger partial charge is 0.127 e. The molecule has 0 unspecified atom stereocenters. The van der Waals surface area contributed by atoms with Crippen molar-refractivity contribution in [1.29, 1.82) is 0 Å². The zero-order valence-electron chi connectivity index (χ0n) is 11.4. The van der Waals surface area contributed by atoms with Gasteiger partial charge >= 0.3 is 0 Å². The Morgan fingerprint density at radius 2 is 2.22 bits per heavy atom. The lowest BCUT2D eigenvalue weighted by atomic mass is 10.2. The van der Waals surface area contributed by atoms with Crippen molar-refractivity contribution in [2.24, 2.45) is 0 Å². The van der Waals surface area contributed by atoms with Crippen LogP contribution in [0.5, 0.6) is 0 Å². The molecule has 2 aromatic rings. The second kappa shape index (κ2) is 5.67. The summed E-state index contributed by atoms with van der Waals surface area (Å²) in [6.07, 6.45) is 2.70. The SMILES string of the molecule is CCc1nc(-c2ccoc2C)sc1CNC(C)C. The molecular formula is C14H20N2OS. The molecule has 1 N–H and O–H groups in total. The maximum atomic E-state index is 5.35. The molecular weight excluding hydrogens is 244 g/mol. The van der Waals surface area contributed by atoms with Crippen molar-refractivity contribution in [2.75, 3.05) is 0 Å². The normalized spacial score (nSPS) is 11.4. The zero-order valence-corrected chi connectivity index (χ0v) is 12.2. The number of thiazole rings is 1. The predicted molar refractivity (Wildman–Crippen MR) is 75.9 cm³/mol. The van der Waals surface area contributed by atoms with Crippen LogP contribution in [-0.4, -0.2) is 11.0 Å². The molecule has 4 heteroatoms. The number of nitrogens with one attached hydrogen (secondary N) is 1. The van der Waals surface area contributed by atoms with E-state index in [1.165, 1.54) is 10.6 Å². The van der Waals surface area contributed by atoms with Gasteiger partial charge in [0.25, 0.3) is 0 Å². The third kappa shape index (κ3) is 2.82. The Balaban J connectivity index is 2.26. The van der Waals surface area contributed by atoms with Crippen molar-refractivity contribution in [2.45, 2.75) is 46.7 Å². The molecule has 2 rings (SSSR count). The summed E-state index contributed by atoms with van der Waals surface area (Å²) in [5, 5.41) is 4.52. The fourth-order valence-corrected chi connectivity index (χ4v) is 2.99. The van der Waals surface area contributed by atoms with Crippen molar-refractivity contribution >= 4 is 11.3 Å². The number of furan rings is 1. The van der Waals surface area contributed by atoms with Gasteiger partial charge in [-0.25, -0.2) is 4.98 Å². The number of nitrogens with zero attached hydrogens (tertiary/aromatic N) is 1. The van der Waals surface area contributed by atoms with Crippen molar-refractivity contribution < 1.29 is 4.42 Å². The topological polar surface area (TPSA) is 38.1 Å². The van der Waals surface area contributed by atoms with Gasteiger partial charge in [0.15, 0.2) is 0 Å². The highest BCUT2D eigenvalue weighted by Crippen LogP contribution is 2.31. The highest BCUT2D eigenvalue weighted by atomic mass is 32.1. The lowest BCUT2D eigenvalue weighted by Crippen LogP contribution is -2.21. The third-order valence-corrected chi connectivity index (χ3v) is 4.00. The first-order valence-electron chi connectivity index (χ1n) is 6.38. The first-order valence-corrected chi connectivity index (χ1v) is 7.19. The summed E-state index contributed by atoms with van der Waals surface area (Å²) in [5.41, 5.74) is 2.31. The fraction of sp³-hybridized carbons (Fsp3) is 0.500. The van der Waals surface area contributed by atoms with Gasteiger partial charge in [-0.3, -0.25) is 0 Å². The highest BCUT2D eigenvalue weighted by molar-refractivity contribution is 7.15. The molecule has 0 aliphatic rings. The Kier molecular flexibility index (Phi) is 4.19. The maximum absolute atomic E-state index is 5.35. The van der Waals surface area contributed by atoms with Crippen LogP contribution in [0.3, 0.4) is 0 Å². The average Bonchev–Trinajstić information content (AvgIpc) is 2.91. The van der Waals surface area contributed by atoms with Crippen LogP contribution in [-0.2, 0) is 13.0 Å². The summed E-state index contributed by atoms with van der Waals surface area (Å²) >= 11 is 1.76. The minimum absolute atomic E-state index is 0.496. The van der Waals surface area contributed by atoms with Gasteiger partial charge in [-0.2, -0.15) is 0 Å². The summed E-state index contributed by atoms with van der Waals surface area (Å²) in [6, 6.07) is 2.49. The Morgan fingerprint density at radius 3 is 2.78 bits per heavy atom. The number of hydrogen-bond acceptors (Lipinski definition) is 4. The number of rotatable bonds is 5. The first kappa shape index (κ1) is 13.3. The van der Waals surface area contributed by atoms with Crippen LogP contribution in [0.25, 0.3) is 10.6 Å². The Hall–Kier alpha value is -1.13. The van der Waals surface area contributed by atoms with E-state index in [4.69, 9.17) is 9.40 Å². The number of aryl methyl sites for hydroxylation is 2. The Morgan fingerprint density at radius 1 is 1.44 bits per heavy atom. The lowest BCUT2D eigenvalue weighted by Gasteiger charge is -2.06. The highest BCUT2D eigenvalue weighted by Gasteiger charge is 2.14. The van der Waals surface area contributed by atoms with Crippen molar-refractivity contribution in [1.82, 2.24) is 10.3 Å². The van der Waals surface area contributed by atoms with Crippen molar-refractivity contribution in [3.05, 3.63) is 28.7 Å². The van der Waals surface area contributed by atoms with Crippen LogP contribution >= 0.6 is 11.3 Å². The van der Waals surface area contributed by atoms with Crippen molar-refractivity contribution in [3.8, 4) is 10.6 Å². The molecule has 0 amide bonds. The summed E-state index contributed by atoms with van der Waals surface area (Å²) in [7, 11) is 0. The molecule has 0 spiro atoms. The first-order chi connectivity index (χ1) is 8.61. The quantitative estimate of drug-likeness (QED) is 0.893. The largest absolute Gasteiger partial charge is 0.469 e. The Bertz CT molecular complexity index is 514. The number of hydrogen-bond donors (Lipinski definition) is 1. The minimum Gasteiger partial charge on any atom is -0.469 e. The summed E-state index contributed by atoms with van der Waals surface area (Å²) in [6.45, 7) is 9.35. The van der Waals surface area contributed by atoms with Crippen LogP contribution in [0.15, 0.2) is 16.7 Å². The van der Waals surface area contributed by atoms with Crippen molar-refractivity contribution in [3.63, 3.8) is 0 Å². The van der Waals surface area contributed by atoms with E-state index in [9.17, 15) is 0 Å². The van der Waals surface area contributed by atoms with E-state index in [0.29, 0.717) is 6.04 Å². The molecule has 0 aliphatic heterocycles. The molecule has 18 heavy (non-hydrogen) atoms. The summed E-state index contributed by atoms with van der Waals surface area (Å²) in [5.74, 6) is 0.940. The van der Waals surface area contributed by atoms with E-state index in [1.807, 2.05) is 13.0 Å². The van der Waals surface area contributed by atoms with Gasteiger partial charge in [-0.05, 0) is 19.4 Å². The molecule has 0 saturated heterocycles. The third-order valence-electron chi connectivity index (χ3n) is 2.87. The van der Waals surface area contributed by atoms with E-state index >= 15 is 0 Å². The average molecular weight is 264 g/mol. The minimum atomic E-state index is 0.496. The number of aromatic nitrogens is 1. The molecule has 0 saturated carbocycles. The van der Waals surface area contributed by atoms with Crippen LogP contribution in [0.4, 0.5) is 0 Å². The van der Waals surface area contributed by atoms with Gasteiger partial charge in [0.1, 0.15) is 10.8 Å². The monoisotopic (exact) mass is 264 g/mol. The van der Waals surface area contributed by atoms with Gasteiger partial charge in [0.05, 0.1) is 17.5 Å². The molecule has 2 heterocycles. The predicted octanol–water partition coefficient (Wildman–Crippen LogP) is 3.77. The standard InChI is InChI=1S/C14H20N2OS/c1-5-12-13(8-15-9(2)3)18-14(16-12)11-6-7-17-10(11)4/h6-7,9,15H,5,8H2,1-4H3. The fourth-order valence-electron chi connectivity index (χ4n) is 1.82. The molecule has 98 valence electrons. The maximum Gasteiger partial charge on any atom is 0.127 e. The van der Waals surface area contributed by atoms with Gasteiger partial charge in [0, 0.05) is 17.5 Å². The molecule has 0 aliphatic carbocycles. The molecule has 2 aromatic heterocycles. The Labute approximate surface area is 112 Å². The molecule has 0 aromatic carbocycles. The van der Waals surface area contributed by atoms with Crippen LogP contribution < -0.4 is 5.32 Å². The molecule has 3 nitrogen and oxygen atoms in total. The van der Waals surface area contributed by atoms with E-state index in [1.54, 1.807) is 17.6 Å². The lowest BCUT2D eigenvalue weighted by molar-refractivity contribution is 0.535. The van der Waals surface area contributed by atoms with Crippen LogP contribution in [0.1, 0.15) is 37.1 Å². The molecule has 0 bridgehead atoms. The van der Waals surface area contributed by atoms with Gasteiger partial charge in [-0.15, -0.1) is 11.3 Å². The van der Waals surface area contributed by atoms with Crippen LogP contribution in [0, 0.1) is 6.92 Å². The van der Waals surface area contributed by atoms with E-state index in [0.717, 1.165) is 29.3 Å². The van der Waals surface area contributed by atoms with Gasteiger partial charge in [-0.1, -0.05) is 20.8 Å². The summed E-state index contributed by atoms with van der Waals surface area (Å²) in [4.78, 5) is 6.06. The van der Waals surface area contributed by atoms with E-state index in [-0.39, 0.29) is 0 Å². The molecule has 0 fully saturated rings. The second-order valence-corrected chi connectivity index (χ2v) is 5.75. The second-order valence-electron chi connectivity index (χ2n) is 4.67. The van der Waals surface area contributed by atoms with Crippen LogP contribution in [0.2, 0.25) is 0 Å². The van der Waals surface area contributed by atoms with Gasteiger partial charge < -0.3 is 9.73 Å². The molecule has 0 atom stereocenters. The van der Waals surface area contributed by atoms with Gasteiger partial charge in [0.2, 0.25) is 0 Å². The summed E-state index contributed by atoms with van der Waals surface area (Å²) < 4.78 is 5.35. The molecule has 0 radical (unpaired) electrons. The van der Waals surface area contributed by atoms with E-state index < -0.39 is 0 Å². The zero-order chi connectivity index (χ0) is 13.1.